The van der Waals surface area contributed by atoms with Crippen molar-refractivity contribution in [1.82, 2.24) is 9.78 Å². The van der Waals surface area contributed by atoms with Crippen molar-refractivity contribution in [3.8, 4) is 0 Å². The number of hydrogen-bond acceptors (Lipinski definition) is 3. The largest absolute Gasteiger partial charge is 0.376 e. The standard InChI is InChI=1S/C19H25N3O2/c1-2-18(15-8-4-3-5-9-15)19(23)21-16-12-20-22(13-16)14-17-10-6-7-11-24-17/h3-5,8-9,12-13,17-18H,2,6-7,10-11,14H2,1H3,(H,21,23)/t17-,18+/m1/s1. The van der Waals surface area contributed by atoms with Gasteiger partial charge < -0.3 is 10.1 Å². The summed E-state index contributed by atoms with van der Waals surface area (Å²) >= 11 is 0. The van der Waals surface area contributed by atoms with Gasteiger partial charge in [-0.2, -0.15) is 5.10 Å². The summed E-state index contributed by atoms with van der Waals surface area (Å²) in [5.41, 5.74) is 1.78. The molecule has 0 bridgehead atoms. The normalized spacial score (nSPS) is 19.0. The lowest BCUT2D eigenvalue weighted by Gasteiger charge is -2.22. The quantitative estimate of drug-likeness (QED) is 0.882. The van der Waals surface area contributed by atoms with Crippen molar-refractivity contribution in [1.29, 1.82) is 0 Å². The van der Waals surface area contributed by atoms with E-state index in [1.54, 1.807) is 6.20 Å². The molecule has 5 nitrogen and oxygen atoms in total. The van der Waals surface area contributed by atoms with E-state index in [9.17, 15) is 4.79 Å². The first-order chi connectivity index (χ1) is 11.8. The van der Waals surface area contributed by atoms with Crippen LogP contribution in [0, 0.1) is 0 Å². The highest BCUT2D eigenvalue weighted by Crippen LogP contribution is 2.21. The Balaban J connectivity index is 1.60. The molecule has 2 aromatic rings. The molecule has 128 valence electrons. The van der Waals surface area contributed by atoms with Crippen molar-refractivity contribution in [3.05, 3.63) is 48.3 Å². The van der Waals surface area contributed by atoms with E-state index in [1.165, 1.54) is 6.42 Å². The molecule has 1 fully saturated rings. The maximum absolute atomic E-state index is 12.6. The van der Waals surface area contributed by atoms with Gasteiger partial charge in [-0.05, 0) is 31.2 Å². The van der Waals surface area contributed by atoms with Crippen molar-refractivity contribution < 1.29 is 9.53 Å². The third-order valence-electron chi connectivity index (χ3n) is 4.49. The second kappa shape index (κ2) is 8.11. The van der Waals surface area contributed by atoms with Crippen LogP contribution in [0.2, 0.25) is 0 Å². The number of ether oxygens (including phenoxy) is 1. The maximum Gasteiger partial charge on any atom is 0.231 e. The van der Waals surface area contributed by atoms with Crippen LogP contribution in [0.1, 0.15) is 44.1 Å². The zero-order valence-electron chi connectivity index (χ0n) is 14.1. The van der Waals surface area contributed by atoms with E-state index in [0.29, 0.717) is 0 Å². The first-order valence-corrected chi connectivity index (χ1v) is 8.76. The van der Waals surface area contributed by atoms with Crippen LogP contribution in [0.15, 0.2) is 42.7 Å². The molecule has 0 spiro atoms. The van der Waals surface area contributed by atoms with E-state index >= 15 is 0 Å². The Labute approximate surface area is 143 Å². The predicted molar refractivity (Wildman–Crippen MR) is 93.9 cm³/mol. The minimum atomic E-state index is -0.142. The molecule has 0 saturated carbocycles. The third-order valence-corrected chi connectivity index (χ3v) is 4.49. The van der Waals surface area contributed by atoms with Crippen molar-refractivity contribution in [2.45, 2.75) is 51.2 Å². The van der Waals surface area contributed by atoms with Gasteiger partial charge in [-0.1, -0.05) is 37.3 Å². The summed E-state index contributed by atoms with van der Waals surface area (Å²) in [6.45, 7) is 3.61. The van der Waals surface area contributed by atoms with Crippen molar-refractivity contribution >= 4 is 11.6 Å². The molecular formula is C19H25N3O2. The summed E-state index contributed by atoms with van der Waals surface area (Å²) in [5, 5.41) is 7.33. The van der Waals surface area contributed by atoms with Gasteiger partial charge in [-0.3, -0.25) is 9.48 Å². The molecule has 0 radical (unpaired) electrons. The fraction of sp³-hybridized carbons (Fsp3) is 0.474. The van der Waals surface area contributed by atoms with Gasteiger partial charge in [0, 0.05) is 12.8 Å². The van der Waals surface area contributed by atoms with Crippen LogP contribution in [0.5, 0.6) is 0 Å². The van der Waals surface area contributed by atoms with Crippen LogP contribution in [-0.2, 0) is 16.1 Å². The molecule has 1 aliphatic rings. The highest BCUT2D eigenvalue weighted by molar-refractivity contribution is 5.95. The van der Waals surface area contributed by atoms with Crippen LogP contribution in [0.3, 0.4) is 0 Å². The van der Waals surface area contributed by atoms with Gasteiger partial charge in [-0.15, -0.1) is 0 Å². The highest BCUT2D eigenvalue weighted by atomic mass is 16.5. The summed E-state index contributed by atoms with van der Waals surface area (Å²) in [4.78, 5) is 12.6. The molecule has 3 rings (SSSR count). The number of rotatable bonds is 6. The van der Waals surface area contributed by atoms with Gasteiger partial charge >= 0.3 is 0 Å². The number of aromatic nitrogens is 2. The van der Waals surface area contributed by atoms with Crippen LogP contribution in [0.25, 0.3) is 0 Å². The molecule has 1 N–H and O–H groups in total. The monoisotopic (exact) mass is 327 g/mol. The summed E-state index contributed by atoms with van der Waals surface area (Å²) in [6, 6.07) is 9.89. The van der Waals surface area contributed by atoms with Gasteiger partial charge in [-0.25, -0.2) is 0 Å². The van der Waals surface area contributed by atoms with Gasteiger partial charge in [0.15, 0.2) is 0 Å². The number of amides is 1. The number of nitrogens with zero attached hydrogens (tertiary/aromatic N) is 2. The molecule has 1 aliphatic heterocycles. The summed E-state index contributed by atoms with van der Waals surface area (Å²) < 4.78 is 7.59. The molecule has 2 atom stereocenters. The predicted octanol–water partition coefficient (Wildman–Crippen LogP) is 3.58. The van der Waals surface area contributed by atoms with Crippen molar-refractivity contribution in [2.75, 3.05) is 11.9 Å². The molecule has 1 aromatic heterocycles. The Hall–Kier alpha value is -2.14. The molecule has 2 heterocycles. The number of nitrogens with one attached hydrogen (secondary N) is 1. The van der Waals surface area contributed by atoms with Crippen LogP contribution >= 0.6 is 0 Å². The zero-order chi connectivity index (χ0) is 16.8. The summed E-state index contributed by atoms with van der Waals surface area (Å²) in [7, 11) is 0. The van der Waals surface area contributed by atoms with E-state index < -0.39 is 0 Å². The number of carbonyl (C=O) groups excluding carboxylic acids is 1. The van der Waals surface area contributed by atoms with Gasteiger partial charge in [0.25, 0.3) is 0 Å². The SMILES string of the molecule is CC[C@H](C(=O)Nc1cnn(C[C@H]2CCCCO2)c1)c1ccccc1. The average molecular weight is 327 g/mol. The third kappa shape index (κ3) is 4.23. The minimum Gasteiger partial charge on any atom is -0.376 e. The Morgan fingerprint density at radius 2 is 2.21 bits per heavy atom. The summed E-state index contributed by atoms with van der Waals surface area (Å²) in [6.07, 6.45) is 8.02. The smallest absolute Gasteiger partial charge is 0.231 e. The topological polar surface area (TPSA) is 56.2 Å². The average Bonchev–Trinajstić information content (AvgIpc) is 3.04. The van der Waals surface area contributed by atoms with Gasteiger partial charge in [0.05, 0.1) is 30.5 Å². The van der Waals surface area contributed by atoms with Crippen LogP contribution in [-0.4, -0.2) is 28.4 Å². The van der Waals surface area contributed by atoms with Crippen LogP contribution < -0.4 is 5.32 Å². The Bertz CT molecular complexity index is 648. The van der Waals surface area contributed by atoms with Crippen LogP contribution in [0.4, 0.5) is 5.69 Å². The summed E-state index contributed by atoms with van der Waals surface area (Å²) in [5.74, 6) is -0.131. The van der Waals surface area contributed by atoms with E-state index in [1.807, 2.05) is 48.1 Å². The Morgan fingerprint density at radius 3 is 2.92 bits per heavy atom. The molecule has 1 aromatic carbocycles. The molecule has 24 heavy (non-hydrogen) atoms. The lowest BCUT2D eigenvalue weighted by molar-refractivity contribution is -0.117. The molecule has 1 amide bonds. The van der Waals surface area contributed by atoms with Gasteiger partial charge in [0.1, 0.15) is 0 Å². The molecule has 5 heteroatoms. The minimum absolute atomic E-state index is 0.0113. The highest BCUT2D eigenvalue weighted by Gasteiger charge is 2.19. The number of hydrogen-bond donors (Lipinski definition) is 1. The Morgan fingerprint density at radius 1 is 1.38 bits per heavy atom. The van der Waals surface area contributed by atoms with E-state index in [4.69, 9.17) is 4.74 Å². The molecule has 0 unspecified atom stereocenters. The number of anilines is 1. The fourth-order valence-electron chi connectivity index (χ4n) is 3.18. The van der Waals surface area contributed by atoms with E-state index in [0.717, 1.165) is 43.7 Å². The lowest BCUT2D eigenvalue weighted by atomic mass is 9.96. The van der Waals surface area contributed by atoms with E-state index in [-0.39, 0.29) is 17.9 Å². The molecule has 1 saturated heterocycles. The van der Waals surface area contributed by atoms with Crippen molar-refractivity contribution in [2.24, 2.45) is 0 Å². The second-order valence-corrected chi connectivity index (χ2v) is 6.30. The van der Waals surface area contributed by atoms with Gasteiger partial charge in [0.2, 0.25) is 5.91 Å². The Kier molecular flexibility index (Phi) is 5.64. The fourth-order valence-corrected chi connectivity index (χ4v) is 3.18. The lowest BCUT2D eigenvalue weighted by Crippen LogP contribution is -2.24. The number of benzene rings is 1. The molecular weight excluding hydrogens is 302 g/mol. The maximum atomic E-state index is 12.6. The zero-order valence-corrected chi connectivity index (χ0v) is 14.1. The molecule has 0 aliphatic carbocycles. The first-order valence-electron chi connectivity index (χ1n) is 8.76. The first kappa shape index (κ1) is 16.7. The second-order valence-electron chi connectivity index (χ2n) is 6.30. The number of carbonyl (C=O) groups is 1. The van der Waals surface area contributed by atoms with E-state index in [2.05, 4.69) is 10.4 Å². The van der Waals surface area contributed by atoms with Crippen molar-refractivity contribution in [3.63, 3.8) is 0 Å².